The molecule has 0 saturated carbocycles. The van der Waals surface area contributed by atoms with Gasteiger partial charge in [0.15, 0.2) is 6.10 Å². The molecule has 0 aliphatic rings. The van der Waals surface area contributed by atoms with Crippen LogP contribution in [0.2, 0.25) is 0 Å². The first kappa shape index (κ1) is 22.6. The number of hydrogen-bond acceptors (Lipinski definition) is 5. The van der Waals surface area contributed by atoms with Gasteiger partial charge in [-0.2, -0.15) is 0 Å². The third-order valence-electron chi connectivity index (χ3n) is 5.00. The number of carbonyl (C=O) groups is 1. The Morgan fingerprint density at radius 2 is 1.87 bits per heavy atom. The van der Waals surface area contributed by atoms with E-state index in [1.165, 1.54) is 5.69 Å². The van der Waals surface area contributed by atoms with Crippen LogP contribution < -0.4 is 4.74 Å². The third kappa shape index (κ3) is 6.18. The minimum absolute atomic E-state index is 0.323. The van der Waals surface area contributed by atoms with Crippen molar-refractivity contribution in [1.29, 1.82) is 0 Å². The van der Waals surface area contributed by atoms with Crippen LogP contribution >= 0.6 is 0 Å². The van der Waals surface area contributed by atoms with Gasteiger partial charge in [0.05, 0.1) is 13.2 Å². The van der Waals surface area contributed by atoms with Gasteiger partial charge in [-0.3, -0.25) is 4.98 Å². The van der Waals surface area contributed by atoms with E-state index in [1.54, 1.807) is 13.1 Å². The van der Waals surface area contributed by atoms with Crippen LogP contribution in [-0.4, -0.2) is 41.4 Å². The normalized spacial score (nSPS) is 11.8. The molecule has 2 heterocycles. The van der Waals surface area contributed by atoms with E-state index in [-0.39, 0.29) is 5.97 Å². The van der Waals surface area contributed by atoms with E-state index in [9.17, 15) is 4.79 Å². The molecular formula is C25H30N2O4. The van der Waals surface area contributed by atoms with E-state index in [0.717, 1.165) is 29.1 Å². The van der Waals surface area contributed by atoms with Gasteiger partial charge in [0.2, 0.25) is 0 Å². The molecule has 3 aromatic rings. The highest BCUT2D eigenvalue weighted by Crippen LogP contribution is 2.22. The van der Waals surface area contributed by atoms with Gasteiger partial charge in [-0.15, -0.1) is 0 Å². The van der Waals surface area contributed by atoms with E-state index in [1.807, 2.05) is 43.5 Å². The lowest BCUT2D eigenvalue weighted by atomic mass is 10.1. The summed E-state index contributed by atoms with van der Waals surface area (Å²) in [6, 6.07) is 16.0. The number of aryl methyl sites for hydroxylation is 1. The van der Waals surface area contributed by atoms with Crippen molar-refractivity contribution in [1.82, 2.24) is 9.55 Å². The zero-order chi connectivity index (χ0) is 22.1. The number of carbonyl (C=O) groups excluding carboxylic acids is 1. The second-order valence-electron chi connectivity index (χ2n) is 7.15. The summed E-state index contributed by atoms with van der Waals surface area (Å²) < 4.78 is 18.8. The smallest absolute Gasteiger partial charge is 0.335 e. The molecule has 1 aromatic carbocycles. The number of hydrogen-bond donors (Lipinski definition) is 0. The summed E-state index contributed by atoms with van der Waals surface area (Å²) in [5.74, 6) is 0.469. The number of pyridine rings is 1. The Bertz CT molecular complexity index is 951. The van der Waals surface area contributed by atoms with Gasteiger partial charge in [0.1, 0.15) is 12.4 Å². The Morgan fingerprint density at radius 3 is 2.55 bits per heavy atom. The molecule has 0 spiro atoms. The van der Waals surface area contributed by atoms with Crippen molar-refractivity contribution in [3.8, 4) is 17.0 Å². The van der Waals surface area contributed by atoms with Crippen molar-refractivity contribution in [3.63, 3.8) is 0 Å². The van der Waals surface area contributed by atoms with Gasteiger partial charge in [0.25, 0.3) is 0 Å². The van der Waals surface area contributed by atoms with Gasteiger partial charge < -0.3 is 18.8 Å². The molecule has 0 fully saturated rings. The fourth-order valence-electron chi connectivity index (χ4n) is 3.47. The molecule has 0 N–H and O–H groups in total. The van der Waals surface area contributed by atoms with Crippen LogP contribution in [0.3, 0.4) is 0 Å². The number of nitrogens with zero attached hydrogens (tertiary/aromatic N) is 2. The SMILES string of the molecule is CCOC(=O)C(Cc1ccc(OCCn2c(C)ccc2-c2cccnc2)cc1)OCC. The molecule has 6 heteroatoms. The van der Waals surface area contributed by atoms with E-state index < -0.39 is 6.10 Å². The standard InChI is InChI=1S/C25H30N2O4/c1-4-29-24(25(28)30-5-2)17-20-9-11-22(12-10-20)31-16-15-27-19(3)8-13-23(27)21-7-6-14-26-18-21/h6-14,18,24H,4-5,15-17H2,1-3H3. The molecule has 0 aliphatic heterocycles. The van der Waals surface area contributed by atoms with E-state index >= 15 is 0 Å². The highest BCUT2D eigenvalue weighted by atomic mass is 16.6. The summed E-state index contributed by atoms with van der Waals surface area (Å²) in [4.78, 5) is 16.3. The maximum Gasteiger partial charge on any atom is 0.335 e. The van der Waals surface area contributed by atoms with Crippen LogP contribution in [-0.2, 0) is 27.2 Å². The fraction of sp³-hybridized carbons (Fsp3) is 0.360. The maximum absolute atomic E-state index is 12.0. The first-order chi connectivity index (χ1) is 15.1. The van der Waals surface area contributed by atoms with Crippen molar-refractivity contribution in [2.75, 3.05) is 19.8 Å². The summed E-state index contributed by atoms with van der Waals surface area (Å²) >= 11 is 0. The lowest BCUT2D eigenvalue weighted by Gasteiger charge is -2.16. The average Bonchev–Trinajstić information content (AvgIpc) is 3.16. The van der Waals surface area contributed by atoms with Crippen LogP contribution in [0.5, 0.6) is 5.75 Å². The Labute approximate surface area is 183 Å². The monoisotopic (exact) mass is 422 g/mol. The van der Waals surface area contributed by atoms with E-state index in [4.69, 9.17) is 14.2 Å². The largest absolute Gasteiger partial charge is 0.492 e. The van der Waals surface area contributed by atoms with Gasteiger partial charge in [-0.25, -0.2) is 4.79 Å². The second kappa shape index (κ2) is 11.3. The molecule has 6 nitrogen and oxygen atoms in total. The minimum Gasteiger partial charge on any atom is -0.492 e. The number of aromatic nitrogens is 2. The molecule has 0 radical (unpaired) electrons. The number of esters is 1. The van der Waals surface area contributed by atoms with Crippen LogP contribution in [0.15, 0.2) is 60.9 Å². The third-order valence-corrected chi connectivity index (χ3v) is 5.00. The van der Waals surface area contributed by atoms with Crippen molar-refractivity contribution < 1.29 is 19.0 Å². The summed E-state index contributed by atoms with van der Waals surface area (Å²) in [5, 5.41) is 0. The molecule has 1 unspecified atom stereocenters. The van der Waals surface area contributed by atoms with Gasteiger partial charge in [-0.1, -0.05) is 12.1 Å². The molecule has 164 valence electrons. The molecular weight excluding hydrogens is 392 g/mol. The molecule has 1 atom stereocenters. The fourth-order valence-corrected chi connectivity index (χ4v) is 3.47. The highest BCUT2D eigenvalue weighted by molar-refractivity contribution is 5.75. The first-order valence-corrected chi connectivity index (χ1v) is 10.7. The maximum atomic E-state index is 12.0. The number of ether oxygens (including phenoxy) is 3. The van der Waals surface area contributed by atoms with Crippen LogP contribution in [0, 0.1) is 6.92 Å². The average molecular weight is 423 g/mol. The van der Waals surface area contributed by atoms with Crippen molar-refractivity contribution in [3.05, 3.63) is 72.2 Å². The lowest BCUT2D eigenvalue weighted by Crippen LogP contribution is -2.28. The van der Waals surface area contributed by atoms with Crippen molar-refractivity contribution in [2.24, 2.45) is 0 Å². The summed E-state index contributed by atoms with van der Waals surface area (Å²) in [6.45, 7) is 7.85. The molecule has 31 heavy (non-hydrogen) atoms. The molecule has 0 saturated heterocycles. The summed E-state index contributed by atoms with van der Waals surface area (Å²) in [7, 11) is 0. The Hall–Kier alpha value is -3.12. The predicted octanol–water partition coefficient (Wildman–Crippen LogP) is 4.45. The highest BCUT2D eigenvalue weighted by Gasteiger charge is 2.20. The zero-order valence-corrected chi connectivity index (χ0v) is 18.4. The molecule has 2 aromatic heterocycles. The molecule has 3 rings (SSSR count). The van der Waals surface area contributed by atoms with Crippen LogP contribution in [0.1, 0.15) is 25.1 Å². The van der Waals surface area contributed by atoms with Crippen molar-refractivity contribution in [2.45, 2.75) is 39.8 Å². The predicted molar refractivity (Wildman–Crippen MR) is 120 cm³/mol. The van der Waals surface area contributed by atoms with Crippen LogP contribution in [0.4, 0.5) is 0 Å². The van der Waals surface area contributed by atoms with Gasteiger partial charge in [0, 0.05) is 42.4 Å². The van der Waals surface area contributed by atoms with Crippen LogP contribution in [0.25, 0.3) is 11.3 Å². The van der Waals surface area contributed by atoms with E-state index in [0.29, 0.717) is 26.2 Å². The molecule has 0 aliphatic carbocycles. The van der Waals surface area contributed by atoms with Crippen molar-refractivity contribution >= 4 is 5.97 Å². The second-order valence-corrected chi connectivity index (χ2v) is 7.15. The zero-order valence-electron chi connectivity index (χ0n) is 18.4. The van der Waals surface area contributed by atoms with Gasteiger partial charge in [-0.05, 0) is 62.7 Å². The minimum atomic E-state index is -0.584. The Balaban J connectivity index is 1.57. The Morgan fingerprint density at radius 1 is 1.06 bits per heavy atom. The lowest BCUT2D eigenvalue weighted by molar-refractivity contribution is -0.156. The quantitative estimate of drug-likeness (QED) is 0.427. The molecule has 0 amide bonds. The molecule has 0 bridgehead atoms. The van der Waals surface area contributed by atoms with Gasteiger partial charge >= 0.3 is 5.97 Å². The number of benzene rings is 1. The topological polar surface area (TPSA) is 62.6 Å². The first-order valence-electron chi connectivity index (χ1n) is 10.7. The number of rotatable bonds is 11. The summed E-state index contributed by atoms with van der Waals surface area (Å²) in [5.41, 5.74) is 4.40. The summed E-state index contributed by atoms with van der Waals surface area (Å²) in [6.07, 6.45) is 3.54. The van der Waals surface area contributed by atoms with E-state index in [2.05, 4.69) is 34.7 Å². The Kier molecular flexibility index (Phi) is 8.24.